The van der Waals surface area contributed by atoms with E-state index in [0.29, 0.717) is 0 Å². The minimum absolute atomic E-state index is 0.232. The van der Waals surface area contributed by atoms with Crippen LogP contribution in [0.15, 0.2) is 60.7 Å². The zero-order valence-corrected chi connectivity index (χ0v) is 21.9. The molecule has 42 heavy (non-hydrogen) atoms. The molecule has 4 aromatic carbocycles. The summed E-state index contributed by atoms with van der Waals surface area (Å²) in [6, 6.07) is 9.92. The van der Waals surface area contributed by atoms with Crippen molar-refractivity contribution in [3.63, 3.8) is 0 Å². The maximum atomic E-state index is 13.5. The summed E-state index contributed by atoms with van der Waals surface area (Å²) >= 11 is 0. The Morgan fingerprint density at radius 3 is 1.12 bits per heavy atom. The van der Waals surface area contributed by atoms with Gasteiger partial charge < -0.3 is 40.1 Å². The van der Waals surface area contributed by atoms with Crippen LogP contribution in [0, 0.1) is 0 Å². The van der Waals surface area contributed by atoms with E-state index in [2.05, 4.69) is 0 Å². The molecule has 0 atom stereocenters. The van der Waals surface area contributed by atoms with Crippen molar-refractivity contribution in [2.45, 2.75) is 0 Å². The molecular weight excluding hydrogens is 552 g/mol. The molecule has 0 spiro atoms. The summed E-state index contributed by atoms with van der Waals surface area (Å²) < 4.78 is 10.2. The fraction of sp³-hybridized carbons (Fsp3) is 0.0667. The number of carbonyl (C=O) groups excluding carboxylic acids is 4. The van der Waals surface area contributed by atoms with E-state index in [1.54, 1.807) is 0 Å². The third kappa shape index (κ3) is 5.23. The molecule has 0 heterocycles. The molecule has 0 amide bonds. The minimum atomic E-state index is -1.20. The Balaban J connectivity index is 1.94. The van der Waals surface area contributed by atoms with E-state index in [1.165, 1.54) is 14.2 Å². The van der Waals surface area contributed by atoms with Crippen LogP contribution < -0.4 is 9.47 Å². The van der Waals surface area contributed by atoms with Gasteiger partial charge in [0.1, 0.15) is 0 Å². The molecule has 4 rings (SSSR count). The summed E-state index contributed by atoms with van der Waals surface area (Å²) in [5.74, 6) is -8.61. The molecule has 0 saturated carbocycles. The van der Waals surface area contributed by atoms with E-state index < -0.39 is 68.8 Å². The number of phenols is 6. The lowest BCUT2D eigenvalue weighted by molar-refractivity contribution is 0.0815. The highest BCUT2D eigenvalue weighted by molar-refractivity contribution is 6.52. The van der Waals surface area contributed by atoms with Gasteiger partial charge >= 0.3 is 0 Å². The largest absolute Gasteiger partial charge is 0.504 e. The highest BCUT2D eigenvalue weighted by atomic mass is 16.5. The lowest BCUT2D eigenvalue weighted by Gasteiger charge is -2.17. The Morgan fingerprint density at radius 1 is 0.452 bits per heavy atom. The SMILES string of the molecule is COc1cc(C(=O)C(=O)c2ccc(O)c(O)c2)c(-c2cc(O)c(OC)cc2C(=O)C(=O)c2ccc(O)c(O)c2)cc1O. The normalized spacial score (nSPS) is 10.6. The lowest BCUT2D eigenvalue weighted by Crippen LogP contribution is -2.18. The fourth-order valence-electron chi connectivity index (χ4n) is 4.12. The molecule has 4 aromatic rings. The average Bonchev–Trinajstić information content (AvgIpc) is 2.98. The van der Waals surface area contributed by atoms with Gasteiger partial charge in [-0.15, -0.1) is 0 Å². The van der Waals surface area contributed by atoms with Crippen LogP contribution in [-0.4, -0.2) is 68.0 Å². The first-order chi connectivity index (χ1) is 19.9. The molecule has 0 fully saturated rings. The average molecular weight is 574 g/mol. The third-order valence-electron chi connectivity index (χ3n) is 6.31. The van der Waals surface area contributed by atoms with Gasteiger partial charge in [-0.3, -0.25) is 19.2 Å². The van der Waals surface area contributed by atoms with Gasteiger partial charge in [-0.2, -0.15) is 0 Å². The Morgan fingerprint density at radius 2 is 0.810 bits per heavy atom. The molecule has 6 N–H and O–H groups in total. The van der Waals surface area contributed by atoms with E-state index in [4.69, 9.17) is 9.47 Å². The summed E-state index contributed by atoms with van der Waals surface area (Å²) in [5.41, 5.74) is -1.98. The van der Waals surface area contributed by atoms with E-state index >= 15 is 0 Å². The number of hydrogen-bond donors (Lipinski definition) is 6. The number of carbonyl (C=O) groups is 4. The molecule has 0 unspecified atom stereocenters. The first-order valence-electron chi connectivity index (χ1n) is 11.9. The number of rotatable bonds is 9. The van der Waals surface area contributed by atoms with Crippen molar-refractivity contribution in [2.24, 2.45) is 0 Å². The molecule has 0 saturated heterocycles. The van der Waals surface area contributed by atoms with Crippen LogP contribution in [0.25, 0.3) is 11.1 Å². The highest BCUT2D eigenvalue weighted by Crippen LogP contribution is 2.41. The zero-order valence-electron chi connectivity index (χ0n) is 21.9. The van der Waals surface area contributed by atoms with Gasteiger partial charge in [0.25, 0.3) is 0 Å². The monoisotopic (exact) mass is 574 g/mol. The number of aromatic hydroxyl groups is 6. The Labute approximate surface area is 236 Å². The van der Waals surface area contributed by atoms with Crippen molar-refractivity contribution in [3.05, 3.63) is 82.9 Å². The van der Waals surface area contributed by atoms with Crippen molar-refractivity contribution in [1.29, 1.82) is 0 Å². The van der Waals surface area contributed by atoms with Crippen molar-refractivity contribution in [1.82, 2.24) is 0 Å². The Kier molecular flexibility index (Phi) is 7.73. The number of phenolic OH excluding ortho intramolecular Hbond substituents is 6. The maximum absolute atomic E-state index is 13.5. The summed E-state index contributed by atoms with van der Waals surface area (Å²) in [7, 11) is 2.37. The van der Waals surface area contributed by atoms with Gasteiger partial charge in [-0.05, 0) is 71.8 Å². The van der Waals surface area contributed by atoms with Gasteiger partial charge in [0.15, 0.2) is 46.0 Å². The molecule has 12 heteroatoms. The Bertz CT molecular complexity index is 1660. The van der Waals surface area contributed by atoms with Crippen LogP contribution in [-0.2, 0) is 0 Å². The predicted octanol–water partition coefficient (Wildman–Crippen LogP) is 3.74. The molecule has 214 valence electrons. The molecule has 0 aliphatic heterocycles. The van der Waals surface area contributed by atoms with Crippen molar-refractivity contribution in [2.75, 3.05) is 14.2 Å². The van der Waals surface area contributed by atoms with Crippen LogP contribution in [0.5, 0.6) is 46.0 Å². The maximum Gasteiger partial charge on any atom is 0.234 e. The second-order valence-corrected chi connectivity index (χ2v) is 8.86. The number of methoxy groups -OCH3 is 2. The molecule has 0 aliphatic rings. The number of Topliss-reactive ketones (excluding diaryl/α,β-unsaturated/α-hetero) is 4. The number of benzene rings is 4. The topological polar surface area (TPSA) is 208 Å². The zero-order chi connectivity index (χ0) is 30.9. The summed E-state index contributed by atoms with van der Waals surface area (Å²) in [5, 5.41) is 59.8. The molecular formula is C30H22O12. The lowest BCUT2D eigenvalue weighted by atomic mass is 9.87. The van der Waals surface area contributed by atoms with E-state index in [1.807, 2.05) is 0 Å². The standard InChI is InChI=1S/C30H22O12/c1-41-25-11-17(29(39)27(37)13-3-5-19(31)21(33)7-13)15(9-23(25)35)16-10-24(36)26(42-2)12-18(16)30(40)28(38)14-4-6-20(32)22(34)8-14/h3-12,31-36H,1-2H3. The van der Waals surface area contributed by atoms with Gasteiger partial charge in [-0.25, -0.2) is 0 Å². The summed E-state index contributed by atoms with van der Waals surface area (Å²) in [6.07, 6.45) is 0. The second kappa shape index (κ2) is 11.2. The molecule has 0 radical (unpaired) electrons. The van der Waals surface area contributed by atoms with Crippen LogP contribution >= 0.6 is 0 Å². The van der Waals surface area contributed by atoms with E-state index in [0.717, 1.165) is 60.7 Å². The van der Waals surface area contributed by atoms with Gasteiger partial charge in [0.2, 0.25) is 23.1 Å². The first-order valence-corrected chi connectivity index (χ1v) is 11.9. The van der Waals surface area contributed by atoms with E-state index in [-0.39, 0.29) is 33.8 Å². The first kappa shape index (κ1) is 29.0. The van der Waals surface area contributed by atoms with Crippen molar-refractivity contribution < 1.29 is 59.3 Å². The quantitative estimate of drug-likeness (QED) is 0.0960. The van der Waals surface area contributed by atoms with Crippen LogP contribution in [0.4, 0.5) is 0 Å². The summed E-state index contributed by atoms with van der Waals surface area (Å²) in [6.45, 7) is 0. The molecule has 0 aliphatic carbocycles. The summed E-state index contributed by atoms with van der Waals surface area (Å²) in [4.78, 5) is 53.3. The van der Waals surface area contributed by atoms with Gasteiger partial charge in [0, 0.05) is 22.3 Å². The molecule has 12 nitrogen and oxygen atoms in total. The van der Waals surface area contributed by atoms with Crippen LogP contribution in [0.3, 0.4) is 0 Å². The Hall–Kier alpha value is -6.04. The molecule has 0 aromatic heterocycles. The predicted molar refractivity (Wildman–Crippen MR) is 145 cm³/mol. The van der Waals surface area contributed by atoms with Gasteiger partial charge in [0.05, 0.1) is 14.2 Å². The minimum Gasteiger partial charge on any atom is -0.504 e. The van der Waals surface area contributed by atoms with Crippen molar-refractivity contribution >= 4 is 23.1 Å². The number of ether oxygens (including phenoxy) is 2. The smallest absolute Gasteiger partial charge is 0.234 e. The third-order valence-corrected chi connectivity index (χ3v) is 6.31. The molecule has 0 bridgehead atoms. The van der Waals surface area contributed by atoms with Gasteiger partial charge in [-0.1, -0.05) is 0 Å². The fourth-order valence-corrected chi connectivity index (χ4v) is 4.12. The number of ketones is 4. The van der Waals surface area contributed by atoms with E-state index in [9.17, 15) is 49.8 Å². The van der Waals surface area contributed by atoms with Crippen LogP contribution in [0.1, 0.15) is 41.4 Å². The van der Waals surface area contributed by atoms with Crippen molar-refractivity contribution in [3.8, 4) is 57.1 Å². The van der Waals surface area contributed by atoms with Crippen LogP contribution in [0.2, 0.25) is 0 Å². The number of hydrogen-bond acceptors (Lipinski definition) is 12. The highest BCUT2D eigenvalue weighted by Gasteiger charge is 2.30. The second-order valence-electron chi connectivity index (χ2n) is 8.86.